The van der Waals surface area contributed by atoms with Crippen LogP contribution in [0, 0.1) is 6.92 Å². The van der Waals surface area contributed by atoms with E-state index in [1.165, 1.54) is 11.8 Å². The fourth-order valence-electron chi connectivity index (χ4n) is 1.51. The number of nitrogens with two attached hydrogens (primary N) is 1. The summed E-state index contributed by atoms with van der Waals surface area (Å²) in [5.74, 6) is 2.28. The zero-order chi connectivity index (χ0) is 14.5. The van der Waals surface area contributed by atoms with Crippen LogP contribution in [0.3, 0.4) is 0 Å². The van der Waals surface area contributed by atoms with Crippen molar-refractivity contribution in [2.45, 2.75) is 25.0 Å². The maximum absolute atomic E-state index is 11.7. The fraction of sp³-hybridized carbons (Fsp3) is 0.455. The van der Waals surface area contributed by atoms with Gasteiger partial charge < -0.3 is 20.1 Å². The predicted molar refractivity (Wildman–Crippen MR) is 74.1 cm³/mol. The van der Waals surface area contributed by atoms with Gasteiger partial charge in [0, 0.05) is 25.3 Å². The van der Waals surface area contributed by atoms with E-state index < -0.39 is 0 Å². The molecule has 0 fully saturated rings. The van der Waals surface area contributed by atoms with Crippen molar-refractivity contribution in [3.8, 4) is 0 Å². The van der Waals surface area contributed by atoms with E-state index in [1.807, 2.05) is 11.6 Å². The molecule has 2 heterocycles. The van der Waals surface area contributed by atoms with E-state index in [0.29, 0.717) is 30.3 Å². The van der Waals surface area contributed by atoms with Gasteiger partial charge in [0.2, 0.25) is 5.91 Å². The third-order valence-corrected chi connectivity index (χ3v) is 3.59. The highest BCUT2D eigenvalue weighted by molar-refractivity contribution is 7.99. The normalized spacial score (nSPS) is 10.8. The standard InChI is InChI=1S/C11H16N6O2S/c1-7-5-8(16-19-7)13-10(18)3-4-20-11-15-14-9(6-12)17(11)2/h5H,3-4,6,12H2,1-2H3,(H,13,16,18). The Morgan fingerprint density at radius 3 is 2.95 bits per heavy atom. The van der Waals surface area contributed by atoms with E-state index in [9.17, 15) is 4.79 Å². The minimum Gasteiger partial charge on any atom is -0.360 e. The molecule has 0 unspecified atom stereocenters. The minimum atomic E-state index is -0.119. The van der Waals surface area contributed by atoms with Crippen LogP contribution in [0.4, 0.5) is 5.82 Å². The first-order chi connectivity index (χ1) is 9.60. The quantitative estimate of drug-likeness (QED) is 0.754. The van der Waals surface area contributed by atoms with Gasteiger partial charge in [-0.1, -0.05) is 16.9 Å². The summed E-state index contributed by atoms with van der Waals surface area (Å²) in [6.07, 6.45) is 0.349. The lowest BCUT2D eigenvalue weighted by Gasteiger charge is -2.02. The van der Waals surface area contributed by atoms with E-state index in [2.05, 4.69) is 20.7 Å². The van der Waals surface area contributed by atoms with Gasteiger partial charge in [-0.05, 0) is 6.92 Å². The summed E-state index contributed by atoms with van der Waals surface area (Å²) in [6.45, 7) is 2.11. The number of thioether (sulfide) groups is 1. The number of amides is 1. The number of aryl methyl sites for hydroxylation is 1. The zero-order valence-electron chi connectivity index (χ0n) is 11.3. The highest BCUT2D eigenvalue weighted by atomic mass is 32.2. The monoisotopic (exact) mass is 296 g/mol. The SMILES string of the molecule is Cc1cc(NC(=O)CCSc2nnc(CN)n2C)no1. The van der Waals surface area contributed by atoms with E-state index >= 15 is 0 Å². The second kappa shape index (κ2) is 6.53. The summed E-state index contributed by atoms with van der Waals surface area (Å²) in [4.78, 5) is 11.7. The number of aromatic nitrogens is 4. The molecule has 0 aromatic carbocycles. The van der Waals surface area contributed by atoms with Crippen molar-refractivity contribution in [1.82, 2.24) is 19.9 Å². The van der Waals surface area contributed by atoms with Gasteiger partial charge >= 0.3 is 0 Å². The Hall–Kier alpha value is -1.87. The molecule has 20 heavy (non-hydrogen) atoms. The van der Waals surface area contributed by atoms with E-state index in [0.717, 1.165) is 11.0 Å². The molecule has 8 nitrogen and oxygen atoms in total. The number of anilines is 1. The van der Waals surface area contributed by atoms with Gasteiger partial charge in [0.1, 0.15) is 11.6 Å². The molecule has 3 N–H and O–H groups in total. The largest absolute Gasteiger partial charge is 0.360 e. The van der Waals surface area contributed by atoms with Crippen molar-refractivity contribution in [2.24, 2.45) is 12.8 Å². The van der Waals surface area contributed by atoms with Crippen LogP contribution in [0.25, 0.3) is 0 Å². The fourth-order valence-corrected chi connectivity index (χ4v) is 2.38. The highest BCUT2D eigenvalue weighted by Crippen LogP contribution is 2.16. The molecule has 9 heteroatoms. The van der Waals surface area contributed by atoms with Crippen LogP contribution in [0.2, 0.25) is 0 Å². The Bertz CT molecular complexity index is 594. The molecule has 2 aromatic heterocycles. The number of nitrogens with zero attached hydrogens (tertiary/aromatic N) is 4. The lowest BCUT2D eigenvalue weighted by atomic mass is 10.4. The Labute approximate surface area is 120 Å². The number of carbonyl (C=O) groups is 1. The number of hydrogen-bond donors (Lipinski definition) is 2. The summed E-state index contributed by atoms with van der Waals surface area (Å²) in [6, 6.07) is 1.67. The van der Waals surface area contributed by atoms with Gasteiger partial charge in [0.25, 0.3) is 0 Å². The summed E-state index contributed by atoms with van der Waals surface area (Å²) < 4.78 is 6.69. The molecule has 2 rings (SSSR count). The van der Waals surface area contributed by atoms with Crippen LogP contribution < -0.4 is 11.1 Å². The molecule has 108 valence electrons. The molecule has 1 amide bonds. The van der Waals surface area contributed by atoms with Gasteiger partial charge in [0.15, 0.2) is 11.0 Å². The van der Waals surface area contributed by atoms with E-state index in [-0.39, 0.29) is 5.91 Å². The minimum absolute atomic E-state index is 0.119. The van der Waals surface area contributed by atoms with Crippen molar-refractivity contribution in [3.05, 3.63) is 17.7 Å². The van der Waals surface area contributed by atoms with Crippen molar-refractivity contribution >= 4 is 23.5 Å². The smallest absolute Gasteiger partial charge is 0.226 e. The maximum atomic E-state index is 11.7. The zero-order valence-corrected chi connectivity index (χ0v) is 12.1. The molecule has 2 aromatic rings. The first kappa shape index (κ1) is 14.5. The van der Waals surface area contributed by atoms with Crippen LogP contribution in [-0.2, 0) is 18.4 Å². The lowest BCUT2D eigenvalue weighted by Crippen LogP contribution is -2.12. The number of carbonyl (C=O) groups excluding carboxylic acids is 1. The Kier molecular flexibility index (Phi) is 4.74. The number of rotatable bonds is 6. The maximum Gasteiger partial charge on any atom is 0.226 e. The third-order valence-electron chi connectivity index (χ3n) is 2.56. The molecule has 0 radical (unpaired) electrons. The summed E-state index contributed by atoms with van der Waals surface area (Å²) in [7, 11) is 1.85. The predicted octanol–water partition coefficient (Wildman–Crippen LogP) is 0.691. The molecule has 0 atom stereocenters. The molecular weight excluding hydrogens is 280 g/mol. The Morgan fingerprint density at radius 1 is 1.55 bits per heavy atom. The van der Waals surface area contributed by atoms with Crippen molar-refractivity contribution in [1.29, 1.82) is 0 Å². The first-order valence-electron chi connectivity index (χ1n) is 6.04. The van der Waals surface area contributed by atoms with Gasteiger partial charge in [0.05, 0.1) is 6.54 Å². The number of nitrogens with one attached hydrogen (secondary N) is 1. The first-order valence-corrected chi connectivity index (χ1v) is 7.03. The van der Waals surface area contributed by atoms with Crippen molar-refractivity contribution in [2.75, 3.05) is 11.1 Å². The molecule has 0 bridgehead atoms. The Morgan fingerprint density at radius 2 is 2.35 bits per heavy atom. The second-order valence-corrected chi connectivity index (χ2v) is 5.19. The second-order valence-electron chi connectivity index (χ2n) is 4.13. The molecule has 0 aliphatic carbocycles. The van der Waals surface area contributed by atoms with Crippen LogP contribution in [-0.4, -0.2) is 31.6 Å². The highest BCUT2D eigenvalue weighted by Gasteiger charge is 2.10. The molecule has 0 saturated carbocycles. The molecule has 0 saturated heterocycles. The van der Waals surface area contributed by atoms with Crippen LogP contribution >= 0.6 is 11.8 Å². The average molecular weight is 296 g/mol. The van der Waals surface area contributed by atoms with Gasteiger partial charge in [-0.25, -0.2) is 0 Å². The Balaban J connectivity index is 1.77. The van der Waals surface area contributed by atoms with Crippen LogP contribution in [0.5, 0.6) is 0 Å². The number of hydrogen-bond acceptors (Lipinski definition) is 7. The van der Waals surface area contributed by atoms with Crippen molar-refractivity contribution < 1.29 is 9.32 Å². The van der Waals surface area contributed by atoms with E-state index in [1.54, 1.807) is 13.0 Å². The molecule has 0 aliphatic heterocycles. The summed E-state index contributed by atoms with van der Waals surface area (Å²) in [5, 5.41) is 15.1. The molecule has 0 aliphatic rings. The topological polar surface area (TPSA) is 112 Å². The summed E-state index contributed by atoms with van der Waals surface area (Å²) in [5.41, 5.74) is 5.52. The summed E-state index contributed by atoms with van der Waals surface area (Å²) >= 11 is 1.46. The third kappa shape index (κ3) is 3.58. The van der Waals surface area contributed by atoms with Crippen molar-refractivity contribution in [3.63, 3.8) is 0 Å². The van der Waals surface area contributed by atoms with Crippen LogP contribution in [0.15, 0.2) is 15.7 Å². The lowest BCUT2D eigenvalue weighted by molar-refractivity contribution is -0.115. The van der Waals surface area contributed by atoms with Gasteiger partial charge in [-0.2, -0.15) is 0 Å². The molecule has 0 spiro atoms. The van der Waals surface area contributed by atoms with Gasteiger partial charge in [-0.15, -0.1) is 10.2 Å². The van der Waals surface area contributed by atoms with Gasteiger partial charge in [-0.3, -0.25) is 4.79 Å². The van der Waals surface area contributed by atoms with Crippen LogP contribution in [0.1, 0.15) is 18.0 Å². The molecular formula is C11H16N6O2S. The van der Waals surface area contributed by atoms with E-state index in [4.69, 9.17) is 10.3 Å². The average Bonchev–Trinajstić information content (AvgIpc) is 2.97.